The minimum absolute atomic E-state index is 0.170. The summed E-state index contributed by atoms with van der Waals surface area (Å²) in [4.78, 5) is 26.1. The lowest BCUT2D eigenvalue weighted by Crippen LogP contribution is -2.17. The summed E-state index contributed by atoms with van der Waals surface area (Å²) in [5.41, 5.74) is 6.03. The van der Waals surface area contributed by atoms with Crippen LogP contribution in [0, 0.1) is 6.92 Å². The van der Waals surface area contributed by atoms with Crippen LogP contribution >= 0.6 is 0 Å². The van der Waals surface area contributed by atoms with Crippen LogP contribution in [-0.4, -0.2) is 34.5 Å². The number of rotatable bonds is 10. The molecule has 0 spiro atoms. The number of carbonyl (C=O) groups excluding carboxylic acids is 1. The molecule has 0 saturated carbocycles. The third-order valence-corrected chi connectivity index (χ3v) is 6.09. The van der Waals surface area contributed by atoms with Gasteiger partial charge in [-0.25, -0.2) is 9.97 Å². The van der Waals surface area contributed by atoms with Crippen molar-refractivity contribution >= 4 is 23.2 Å². The van der Waals surface area contributed by atoms with Crippen LogP contribution in [0.15, 0.2) is 79.3 Å². The quantitative estimate of drug-likeness (QED) is 0.260. The minimum Gasteiger partial charge on any atom is -0.324 e. The van der Waals surface area contributed by atoms with E-state index in [2.05, 4.69) is 50.0 Å². The summed E-state index contributed by atoms with van der Waals surface area (Å²) in [7, 11) is 1.98. The molecule has 2 aromatic heterocycles. The van der Waals surface area contributed by atoms with E-state index in [0.29, 0.717) is 17.4 Å². The topological polar surface area (TPSA) is 91.8 Å². The van der Waals surface area contributed by atoms with Crippen LogP contribution in [0.5, 0.6) is 0 Å². The Morgan fingerprint density at radius 2 is 1.86 bits per heavy atom. The Bertz CT molecular complexity index is 1280. The maximum Gasteiger partial charge on any atom is 0.255 e. The van der Waals surface area contributed by atoms with Crippen LogP contribution in [0.1, 0.15) is 47.2 Å². The van der Waals surface area contributed by atoms with Crippen LogP contribution < -0.4 is 16.0 Å². The standard InChI is InChI=1S/C29H32N6O/c1-4-6-23(18-30-3)21-10-12-25(13-11-21)33-28(36)22-9-8-20(2)27(17-22)35-29-32-16-14-26(34-29)24-7-5-15-31-19-24/h5,7-17,19,23,30H,4,6,18H2,1-3H3,(H,33,36)(H,32,34,35). The summed E-state index contributed by atoms with van der Waals surface area (Å²) in [5.74, 6) is 0.751. The lowest BCUT2D eigenvalue weighted by atomic mass is 9.94. The smallest absolute Gasteiger partial charge is 0.255 e. The molecule has 0 fully saturated rings. The fourth-order valence-corrected chi connectivity index (χ4v) is 4.14. The van der Waals surface area contributed by atoms with Crippen LogP contribution in [-0.2, 0) is 0 Å². The molecule has 0 radical (unpaired) electrons. The van der Waals surface area contributed by atoms with Gasteiger partial charge in [-0.15, -0.1) is 0 Å². The Balaban J connectivity index is 1.47. The molecule has 2 heterocycles. The zero-order valence-electron chi connectivity index (χ0n) is 21.0. The van der Waals surface area contributed by atoms with E-state index < -0.39 is 0 Å². The zero-order chi connectivity index (χ0) is 25.3. The second-order valence-corrected chi connectivity index (χ2v) is 8.78. The summed E-state index contributed by atoms with van der Waals surface area (Å²) in [6.45, 7) is 5.12. The SMILES string of the molecule is CCCC(CNC)c1ccc(NC(=O)c2ccc(C)c(Nc3nccc(-c4cccnc4)n3)c2)cc1. The predicted molar refractivity (Wildman–Crippen MR) is 146 cm³/mol. The first kappa shape index (κ1) is 25.0. The largest absolute Gasteiger partial charge is 0.324 e. The molecule has 1 unspecified atom stereocenters. The van der Waals surface area contributed by atoms with Gasteiger partial charge in [-0.3, -0.25) is 9.78 Å². The molecule has 2 aromatic carbocycles. The van der Waals surface area contributed by atoms with E-state index in [-0.39, 0.29) is 5.91 Å². The molecule has 1 amide bonds. The van der Waals surface area contributed by atoms with Gasteiger partial charge in [0.25, 0.3) is 5.91 Å². The van der Waals surface area contributed by atoms with E-state index in [0.717, 1.165) is 47.6 Å². The van der Waals surface area contributed by atoms with Gasteiger partial charge in [0.05, 0.1) is 5.69 Å². The van der Waals surface area contributed by atoms with Crippen LogP contribution in [0.2, 0.25) is 0 Å². The molecule has 0 aliphatic rings. The van der Waals surface area contributed by atoms with E-state index >= 15 is 0 Å². The molecule has 7 heteroatoms. The number of anilines is 3. The van der Waals surface area contributed by atoms with Crippen molar-refractivity contribution in [3.8, 4) is 11.3 Å². The Labute approximate surface area is 212 Å². The summed E-state index contributed by atoms with van der Waals surface area (Å²) in [6, 6.07) is 19.4. The third-order valence-electron chi connectivity index (χ3n) is 6.09. The molecule has 7 nitrogen and oxygen atoms in total. The second kappa shape index (κ2) is 12.0. The summed E-state index contributed by atoms with van der Waals surface area (Å²) in [6.07, 6.45) is 7.45. The van der Waals surface area contributed by atoms with Crippen molar-refractivity contribution in [1.82, 2.24) is 20.3 Å². The maximum atomic E-state index is 13.0. The molecule has 0 aliphatic heterocycles. The van der Waals surface area contributed by atoms with Crippen molar-refractivity contribution in [2.75, 3.05) is 24.2 Å². The highest BCUT2D eigenvalue weighted by atomic mass is 16.1. The number of likely N-dealkylation sites (N-methyl/N-ethyl adjacent to an activating group) is 1. The number of hydrogen-bond acceptors (Lipinski definition) is 6. The van der Waals surface area contributed by atoms with Crippen LogP contribution in [0.3, 0.4) is 0 Å². The van der Waals surface area contributed by atoms with E-state index in [1.165, 1.54) is 5.56 Å². The average Bonchev–Trinajstić information content (AvgIpc) is 2.91. The molecule has 4 aromatic rings. The van der Waals surface area contributed by atoms with Gasteiger partial charge < -0.3 is 16.0 Å². The zero-order valence-corrected chi connectivity index (χ0v) is 21.0. The van der Waals surface area contributed by atoms with Gasteiger partial charge in [-0.05, 0) is 79.9 Å². The highest BCUT2D eigenvalue weighted by Crippen LogP contribution is 2.25. The van der Waals surface area contributed by atoms with Crippen molar-refractivity contribution in [1.29, 1.82) is 0 Å². The van der Waals surface area contributed by atoms with Gasteiger partial charge in [-0.1, -0.05) is 31.5 Å². The van der Waals surface area contributed by atoms with Crippen molar-refractivity contribution in [3.63, 3.8) is 0 Å². The predicted octanol–water partition coefficient (Wildman–Crippen LogP) is 5.95. The average molecular weight is 481 g/mol. The number of aromatic nitrogens is 3. The molecule has 4 rings (SSSR count). The fraction of sp³-hybridized carbons (Fsp3) is 0.241. The molecule has 0 bridgehead atoms. The number of nitrogens with zero attached hydrogens (tertiary/aromatic N) is 3. The second-order valence-electron chi connectivity index (χ2n) is 8.78. The van der Waals surface area contributed by atoms with Crippen molar-refractivity contribution in [3.05, 3.63) is 95.9 Å². The van der Waals surface area contributed by atoms with Crippen molar-refractivity contribution < 1.29 is 4.79 Å². The Kier molecular flexibility index (Phi) is 8.36. The van der Waals surface area contributed by atoms with Gasteiger partial charge in [0.15, 0.2) is 0 Å². The summed E-state index contributed by atoms with van der Waals surface area (Å²) < 4.78 is 0. The van der Waals surface area contributed by atoms with Gasteiger partial charge in [-0.2, -0.15) is 0 Å². The fourth-order valence-electron chi connectivity index (χ4n) is 4.14. The van der Waals surface area contributed by atoms with Crippen molar-refractivity contribution in [2.45, 2.75) is 32.6 Å². The van der Waals surface area contributed by atoms with Gasteiger partial charge in [0.2, 0.25) is 5.95 Å². The number of hydrogen-bond donors (Lipinski definition) is 3. The number of carbonyl (C=O) groups is 1. The first-order chi connectivity index (χ1) is 17.6. The van der Waals surface area contributed by atoms with Gasteiger partial charge >= 0.3 is 0 Å². The number of benzene rings is 2. The van der Waals surface area contributed by atoms with Crippen molar-refractivity contribution in [2.24, 2.45) is 0 Å². The Hall–Kier alpha value is -4.10. The normalized spacial score (nSPS) is 11.6. The first-order valence-corrected chi connectivity index (χ1v) is 12.2. The minimum atomic E-state index is -0.170. The monoisotopic (exact) mass is 480 g/mol. The van der Waals surface area contributed by atoms with E-state index in [9.17, 15) is 4.79 Å². The maximum absolute atomic E-state index is 13.0. The number of amides is 1. The van der Waals surface area contributed by atoms with E-state index in [4.69, 9.17) is 0 Å². The highest BCUT2D eigenvalue weighted by Gasteiger charge is 2.12. The Morgan fingerprint density at radius 1 is 1.03 bits per heavy atom. The molecule has 0 saturated heterocycles. The van der Waals surface area contributed by atoms with Crippen LogP contribution in [0.25, 0.3) is 11.3 Å². The molecule has 36 heavy (non-hydrogen) atoms. The number of nitrogens with one attached hydrogen (secondary N) is 3. The number of pyridine rings is 1. The summed E-state index contributed by atoms with van der Waals surface area (Å²) >= 11 is 0. The summed E-state index contributed by atoms with van der Waals surface area (Å²) in [5, 5.41) is 9.54. The lowest BCUT2D eigenvalue weighted by molar-refractivity contribution is 0.102. The highest BCUT2D eigenvalue weighted by molar-refractivity contribution is 6.05. The number of aryl methyl sites for hydroxylation is 1. The Morgan fingerprint density at radius 3 is 2.58 bits per heavy atom. The van der Waals surface area contributed by atoms with E-state index in [1.807, 2.05) is 62.5 Å². The lowest BCUT2D eigenvalue weighted by Gasteiger charge is -2.17. The van der Waals surface area contributed by atoms with Crippen LogP contribution in [0.4, 0.5) is 17.3 Å². The molecular formula is C29H32N6O. The third kappa shape index (κ3) is 6.31. The van der Waals surface area contributed by atoms with Gasteiger partial charge in [0, 0.05) is 47.6 Å². The van der Waals surface area contributed by atoms with E-state index in [1.54, 1.807) is 18.6 Å². The first-order valence-electron chi connectivity index (χ1n) is 12.2. The molecule has 184 valence electrons. The molecule has 0 aliphatic carbocycles. The molecule has 1 atom stereocenters. The molecule has 3 N–H and O–H groups in total. The van der Waals surface area contributed by atoms with Gasteiger partial charge in [0.1, 0.15) is 0 Å². The molecular weight excluding hydrogens is 448 g/mol.